The lowest BCUT2D eigenvalue weighted by Crippen LogP contribution is -2.83. The first-order valence-corrected chi connectivity index (χ1v) is 11.9. The van der Waals surface area contributed by atoms with E-state index in [0.29, 0.717) is 0 Å². The molecule has 0 bridgehead atoms. The molecule has 0 radical (unpaired) electrons. The van der Waals surface area contributed by atoms with Crippen LogP contribution in [0.3, 0.4) is 0 Å². The number of carboxylic acids is 1. The molecule has 11 heteroatoms. The molecule has 2 amide bonds. The highest BCUT2D eigenvalue weighted by atomic mass is 32.2. The molecule has 9 nitrogen and oxygen atoms in total. The van der Waals surface area contributed by atoms with Gasteiger partial charge in [0.05, 0.1) is 12.5 Å². The predicted octanol–water partition coefficient (Wildman–Crippen LogP) is 1.47. The third kappa shape index (κ3) is 4.58. The predicted molar refractivity (Wildman–Crippen MR) is 114 cm³/mol. The fourth-order valence-electron chi connectivity index (χ4n) is 3.60. The monoisotopic (exact) mass is 470 g/mol. The SMILES string of the molecule is CCC(=O)OCC1(C(=O)O)CS[C@H]2N(C1)C(=O)C2(NC(=O)Cc1cccs1)OC(C)C. The molecular formula is C20H26N2O7S2. The molecule has 0 saturated carbocycles. The zero-order valence-electron chi connectivity index (χ0n) is 17.6. The molecule has 2 fully saturated rings. The molecule has 3 heterocycles. The van der Waals surface area contributed by atoms with Crippen molar-refractivity contribution < 1.29 is 33.8 Å². The van der Waals surface area contributed by atoms with E-state index in [0.717, 1.165) is 4.88 Å². The van der Waals surface area contributed by atoms with Gasteiger partial charge in [0.1, 0.15) is 17.4 Å². The Hall–Kier alpha value is -2.11. The number of β-lactam (4-membered cyclic amide) rings is 1. The van der Waals surface area contributed by atoms with Crippen LogP contribution in [0, 0.1) is 5.41 Å². The number of carbonyl (C=O) groups is 4. The van der Waals surface area contributed by atoms with Gasteiger partial charge < -0.3 is 24.8 Å². The van der Waals surface area contributed by atoms with Crippen molar-refractivity contribution in [1.82, 2.24) is 10.2 Å². The molecule has 3 atom stereocenters. The molecule has 0 aliphatic carbocycles. The minimum absolute atomic E-state index is 0.109. The first-order valence-electron chi connectivity index (χ1n) is 9.96. The van der Waals surface area contributed by atoms with Gasteiger partial charge in [-0.05, 0) is 25.3 Å². The van der Waals surface area contributed by atoms with Crippen LogP contribution >= 0.6 is 23.1 Å². The van der Waals surface area contributed by atoms with Crippen molar-refractivity contribution in [3.05, 3.63) is 22.4 Å². The summed E-state index contributed by atoms with van der Waals surface area (Å²) in [6.07, 6.45) is -0.0850. The number of hydrogen-bond acceptors (Lipinski definition) is 8. The fourth-order valence-corrected chi connectivity index (χ4v) is 5.88. The van der Waals surface area contributed by atoms with E-state index < -0.39 is 34.4 Å². The van der Waals surface area contributed by atoms with Gasteiger partial charge in [-0.3, -0.25) is 19.2 Å². The number of fused-ring (bicyclic) bond motifs is 1. The number of aliphatic carboxylic acids is 1. The van der Waals surface area contributed by atoms with Crippen molar-refractivity contribution in [2.75, 3.05) is 18.9 Å². The highest BCUT2D eigenvalue weighted by molar-refractivity contribution is 8.00. The minimum atomic E-state index is -1.54. The van der Waals surface area contributed by atoms with Crippen molar-refractivity contribution in [1.29, 1.82) is 0 Å². The number of carboxylic acid groups (broad SMARTS) is 1. The Bertz CT molecular complexity index is 860. The Labute approximate surface area is 188 Å². The van der Waals surface area contributed by atoms with Crippen molar-refractivity contribution in [3.8, 4) is 0 Å². The van der Waals surface area contributed by atoms with Gasteiger partial charge in [0.25, 0.3) is 11.6 Å². The molecule has 3 rings (SSSR count). The Kier molecular flexibility index (Phi) is 6.97. The molecule has 1 aromatic heterocycles. The number of amides is 2. The van der Waals surface area contributed by atoms with Crippen LogP contribution in [0.4, 0.5) is 0 Å². The quantitative estimate of drug-likeness (QED) is 0.316. The summed E-state index contributed by atoms with van der Waals surface area (Å²) in [7, 11) is 0. The van der Waals surface area contributed by atoms with Crippen molar-refractivity contribution in [2.24, 2.45) is 5.41 Å². The fraction of sp³-hybridized carbons (Fsp3) is 0.600. The van der Waals surface area contributed by atoms with E-state index in [4.69, 9.17) is 9.47 Å². The smallest absolute Gasteiger partial charge is 0.315 e. The number of nitrogens with one attached hydrogen (secondary N) is 1. The summed E-state index contributed by atoms with van der Waals surface area (Å²) in [4.78, 5) is 51.6. The summed E-state index contributed by atoms with van der Waals surface area (Å²) in [5.74, 6) is -2.37. The highest BCUT2D eigenvalue weighted by Crippen LogP contribution is 2.48. The number of ether oxygens (including phenoxy) is 2. The molecule has 2 unspecified atom stereocenters. The zero-order valence-corrected chi connectivity index (χ0v) is 19.2. The molecule has 31 heavy (non-hydrogen) atoms. The van der Waals surface area contributed by atoms with E-state index >= 15 is 0 Å². The summed E-state index contributed by atoms with van der Waals surface area (Å²) < 4.78 is 11.0. The third-order valence-electron chi connectivity index (χ3n) is 5.11. The Balaban J connectivity index is 1.77. The molecule has 170 valence electrons. The molecule has 2 N–H and O–H groups in total. The lowest BCUT2D eigenvalue weighted by Gasteiger charge is -2.59. The Morgan fingerprint density at radius 3 is 2.71 bits per heavy atom. The average Bonchev–Trinajstić information content (AvgIpc) is 3.23. The summed E-state index contributed by atoms with van der Waals surface area (Å²) in [5, 5.41) is 13.9. The normalized spacial score (nSPS) is 27.4. The van der Waals surface area contributed by atoms with E-state index in [1.54, 1.807) is 20.8 Å². The van der Waals surface area contributed by atoms with Crippen molar-refractivity contribution in [2.45, 2.75) is 50.8 Å². The van der Waals surface area contributed by atoms with Gasteiger partial charge in [-0.2, -0.15) is 0 Å². The van der Waals surface area contributed by atoms with Gasteiger partial charge in [-0.1, -0.05) is 13.0 Å². The maximum Gasteiger partial charge on any atom is 0.315 e. The van der Waals surface area contributed by atoms with Crippen LogP contribution in [-0.2, 0) is 35.1 Å². The van der Waals surface area contributed by atoms with Crippen LogP contribution < -0.4 is 5.32 Å². The van der Waals surface area contributed by atoms with E-state index in [9.17, 15) is 24.3 Å². The second-order valence-electron chi connectivity index (χ2n) is 7.90. The number of nitrogens with zero attached hydrogens (tertiary/aromatic N) is 1. The molecule has 0 spiro atoms. The van der Waals surface area contributed by atoms with E-state index in [1.807, 2.05) is 17.5 Å². The largest absolute Gasteiger partial charge is 0.481 e. The lowest BCUT2D eigenvalue weighted by atomic mass is 9.87. The van der Waals surface area contributed by atoms with E-state index in [2.05, 4.69) is 5.32 Å². The first kappa shape index (κ1) is 23.6. The molecule has 0 aromatic carbocycles. The van der Waals surface area contributed by atoms with Crippen molar-refractivity contribution >= 4 is 46.9 Å². The summed E-state index contributed by atoms with van der Waals surface area (Å²) in [6, 6.07) is 3.68. The maximum absolute atomic E-state index is 13.2. The number of hydrogen-bond donors (Lipinski definition) is 2. The number of carbonyl (C=O) groups excluding carboxylic acids is 3. The molecular weight excluding hydrogens is 444 g/mol. The van der Waals surface area contributed by atoms with Gasteiger partial charge in [0, 0.05) is 23.6 Å². The van der Waals surface area contributed by atoms with Crippen LogP contribution in [0.2, 0.25) is 0 Å². The number of rotatable bonds is 9. The van der Waals surface area contributed by atoms with Crippen LogP contribution in [0.1, 0.15) is 32.1 Å². The van der Waals surface area contributed by atoms with Gasteiger partial charge in [0.2, 0.25) is 5.91 Å². The summed E-state index contributed by atoms with van der Waals surface area (Å²) in [5.41, 5.74) is -2.95. The van der Waals surface area contributed by atoms with Crippen molar-refractivity contribution in [3.63, 3.8) is 0 Å². The third-order valence-corrected chi connectivity index (χ3v) is 7.61. The number of esters is 1. The van der Waals surface area contributed by atoms with Crippen LogP contribution in [-0.4, -0.2) is 69.9 Å². The van der Waals surface area contributed by atoms with E-state index in [-0.39, 0.29) is 43.8 Å². The van der Waals surface area contributed by atoms with Crippen LogP contribution in [0.25, 0.3) is 0 Å². The molecule has 1 aromatic rings. The minimum Gasteiger partial charge on any atom is -0.481 e. The second kappa shape index (κ2) is 9.17. The topological polar surface area (TPSA) is 122 Å². The first-order chi connectivity index (χ1) is 14.6. The van der Waals surface area contributed by atoms with Crippen LogP contribution in [0.5, 0.6) is 0 Å². The number of thioether (sulfide) groups is 1. The lowest BCUT2D eigenvalue weighted by molar-refractivity contribution is -0.215. The summed E-state index contributed by atoms with van der Waals surface area (Å²) >= 11 is 2.65. The maximum atomic E-state index is 13.2. The van der Waals surface area contributed by atoms with Gasteiger partial charge in [0.15, 0.2) is 0 Å². The molecule has 2 saturated heterocycles. The van der Waals surface area contributed by atoms with Gasteiger partial charge in [-0.15, -0.1) is 23.1 Å². The van der Waals surface area contributed by atoms with E-state index in [1.165, 1.54) is 28.0 Å². The highest BCUT2D eigenvalue weighted by Gasteiger charge is 2.68. The Morgan fingerprint density at radius 2 is 2.13 bits per heavy atom. The standard InChI is InChI=1S/C20H26N2O7S2/c1-4-15(24)28-10-19(18(26)27)9-22-16(25)20(29-12(2)3,17(22)31-11-19)21-14(23)8-13-6-5-7-30-13/h5-7,12,17H,4,8-11H2,1-3H3,(H,21,23)(H,26,27)/t17-,19?,20?/m1/s1. The molecule has 2 aliphatic rings. The Morgan fingerprint density at radius 1 is 1.39 bits per heavy atom. The number of thiophene rings is 1. The van der Waals surface area contributed by atoms with Crippen LogP contribution in [0.15, 0.2) is 17.5 Å². The van der Waals surface area contributed by atoms with Gasteiger partial charge in [-0.25, -0.2) is 0 Å². The average molecular weight is 471 g/mol. The second-order valence-corrected chi connectivity index (χ2v) is 10.0. The zero-order chi connectivity index (χ0) is 22.8. The summed E-state index contributed by atoms with van der Waals surface area (Å²) in [6.45, 7) is 4.71. The molecule has 2 aliphatic heterocycles. The van der Waals surface area contributed by atoms with Gasteiger partial charge >= 0.3 is 11.9 Å².